The minimum Gasteiger partial charge on any atom is -0.241 e. The van der Waals surface area contributed by atoms with Gasteiger partial charge in [0.15, 0.2) is 11.6 Å². The molecule has 1 heterocycles. The molecular formula is C25H18F2N2. The van der Waals surface area contributed by atoms with Crippen LogP contribution >= 0.6 is 0 Å². The maximum absolute atomic E-state index is 13.8. The van der Waals surface area contributed by atoms with Gasteiger partial charge >= 0.3 is 0 Å². The van der Waals surface area contributed by atoms with Crippen LogP contribution in [-0.2, 0) is 12.8 Å². The van der Waals surface area contributed by atoms with Crippen LogP contribution in [0.1, 0.15) is 28.1 Å². The van der Waals surface area contributed by atoms with Crippen LogP contribution in [0.25, 0.3) is 10.8 Å². The molecule has 142 valence electrons. The van der Waals surface area contributed by atoms with Crippen LogP contribution in [0.15, 0.2) is 67.0 Å². The number of hydrogen-bond acceptors (Lipinski definition) is 2. The Bertz CT molecular complexity index is 1220. The zero-order chi connectivity index (χ0) is 20.2. The largest absolute Gasteiger partial charge is 0.241 e. The van der Waals surface area contributed by atoms with E-state index >= 15 is 0 Å². The van der Waals surface area contributed by atoms with Crippen LogP contribution < -0.4 is 0 Å². The number of aryl methyl sites for hydroxylation is 3. The van der Waals surface area contributed by atoms with Crippen molar-refractivity contribution in [2.45, 2.75) is 19.8 Å². The van der Waals surface area contributed by atoms with Crippen LogP contribution in [-0.4, -0.2) is 9.97 Å². The fourth-order valence-electron chi connectivity index (χ4n) is 3.05. The standard InChI is InChI=1S/C25H18F2N2/c1-17-15-28-24(29-16-17)13-9-19-4-2-18(3-5-19)6-7-20-8-11-22-21(14-20)10-12-23(26)25(22)27/h2-5,8,10-12,14-16H,9,13H2,1H3. The van der Waals surface area contributed by atoms with Crippen LogP contribution in [0, 0.1) is 30.4 Å². The molecule has 1 aromatic heterocycles. The molecule has 0 saturated heterocycles. The number of halogens is 2. The number of nitrogens with zero attached hydrogens (tertiary/aromatic N) is 2. The van der Waals surface area contributed by atoms with E-state index in [1.165, 1.54) is 5.56 Å². The van der Waals surface area contributed by atoms with Gasteiger partial charge in [-0.1, -0.05) is 36.1 Å². The second-order valence-electron chi connectivity index (χ2n) is 6.92. The van der Waals surface area contributed by atoms with Crippen molar-refractivity contribution in [1.29, 1.82) is 0 Å². The van der Waals surface area contributed by atoms with Crippen molar-refractivity contribution < 1.29 is 8.78 Å². The first-order chi connectivity index (χ1) is 14.1. The van der Waals surface area contributed by atoms with E-state index in [4.69, 9.17) is 0 Å². The van der Waals surface area contributed by atoms with E-state index < -0.39 is 11.6 Å². The van der Waals surface area contributed by atoms with Crippen molar-refractivity contribution in [2.24, 2.45) is 0 Å². The number of hydrogen-bond donors (Lipinski definition) is 0. The third-order valence-electron chi connectivity index (χ3n) is 4.68. The summed E-state index contributed by atoms with van der Waals surface area (Å²) >= 11 is 0. The van der Waals surface area contributed by atoms with E-state index in [0.29, 0.717) is 5.39 Å². The van der Waals surface area contributed by atoms with Gasteiger partial charge in [-0.15, -0.1) is 0 Å². The van der Waals surface area contributed by atoms with Crippen molar-refractivity contribution in [3.8, 4) is 11.8 Å². The maximum atomic E-state index is 13.8. The van der Waals surface area contributed by atoms with Gasteiger partial charge in [0.05, 0.1) is 0 Å². The van der Waals surface area contributed by atoms with Gasteiger partial charge < -0.3 is 0 Å². The lowest BCUT2D eigenvalue weighted by Gasteiger charge is -2.02. The Morgan fingerprint density at radius 1 is 0.793 bits per heavy atom. The van der Waals surface area contributed by atoms with Gasteiger partial charge in [-0.25, -0.2) is 18.7 Å². The molecule has 0 aliphatic heterocycles. The Balaban J connectivity index is 1.45. The highest BCUT2D eigenvalue weighted by Crippen LogP contribution is 2.21. The molecule has 2 nitrogen and oxygen atoms in total. The monoisotopic (exact) mass is 384 g/mol. The van der Waals surface area contributed by atoms with Crippen molar-refractivity contribution in [2.75, 3.05) is 0 Å². The summed E-state index contributed by atoms with van der Waals surface area (Å²) in [4.78, 5) is 8.66. The molecule has 0 bridgehead atoms. The molecular weight excluding hydrogens is 366 g/mol. The van der Waals surface area contributed by atoms with E-state index in [2.05, 4.69) is 33.9 Å². The summed E-state index contributed by atoms with van der Waals surface area (Å²) in [7, 11) is 0. The van der Waals surface area contributed by atoms with E-state index in [0.717, 1.165) is 41.4 Å². The van der Waals surface area contributed by atoms with Gasteiger partial charge in [-0.3, -0.25) is 0 Å². The van der Waals surface area contributed by atoms with Gasteiger partial charge in [-0.2, -0.15) is 0 Å². The highest BCUT2D eigenvalue weighted by Gasteiger charge is 2.06. The average Bonchev–Trinajstić information content (AvgIpc) is 2.75. The molecule has 0 saturated carbocycles. The zero-order valence-corrected chi connectivity index (χ0v) is 15.9. The third kappa shape index (κ3) is 4.47. The predicted octanol–water partition coefficient (Wildman–Crippen LogP) is 5.40. The lowest BCUT2D eigenvalue weighted by Crippen LogP contribution is -1.98. The van der Waals surface area contributed by atoms with Gasteiger partial charge in [0.2, 0.25) is 0 Å². The molecule has 0 amide bonds. The number of fused-ring (bicyclic) bond motifs is 1. The Hall–Kier alpha value is -3.58. The quantitative estimate of drug-likeness (QED) is 0.442. The summed E-state index contributed by atoms with van der Waals surface area (Å²) in [6, 6.07) is 15.8. The van der Waals surface area contributed by atoms with Gasteiger partial charge in [0.25, 0.3) is 0 Å². The lowest BCUT2D eigenvalue weighted by atomic mass is 10.1. The van der Waals surface area contributed by atoms with Crippen LogP contribution in [0.2, 0.25) is 0 Å². The van der Waals surface area contributed by atoms with E-state index in [9.17, 15) is 8.78 Å². The summed E-state index contributed by atoms with van der Waals surface area (Å²) in [6.07, 6.45) is 5.32. The second-order valence-corrected chi connectivity index (χ2v) is 6.92. The molecule has 0 N–H and O–H groups in total. The minimum absolute atomic E-state index is 0.262. The summed E-state index contributed by atoms with van der Waals surface area (Å²) < 4.78 is 27.1. The summed E-state index contributed by atoms with van der Waals surface area (Å²) in [5.74, 6) is 5.37. The van der Waals surface area contributed by atoms with E-state index in [-0.39, 0.29) is 5.39 Å². The van der Waals surface area contributed by atoms with E-state index in [1.807, 2.05) is 31.5 Å². The van der Waals surface area contributed by atoms with Crippen LogP contribution in [0.3, 0.4) is 0 Å². The Morgan fingerprint density at radius 3 is 2.24 bits per heavy atom. The van der Waals surface area contributed by atoms with Gasteiger partial charge in [0.1, 0.15) is 5.82 Å². The molecule has 0 spiro atoms. The fourth-order valence-corrected chi connectivity index (χ4v) is 3.05. The van der Waals surface area contributed by atoms with E-state index in [1.54, 1.807) is 24.3 Å². The maximum Gasteiger partial charge on any atom is 0.166 e. The summed E-state index contributed by atoms with van der Waals surface area (Å²) in [5, 5.41) is 0.891. The number of benzene rings is 3. The molecule has 0 unspecified atom stereocenters. The smallest absolute Gasteiger partial charge is 0.166 e. The molecule has 0 aliphatic carbocycles. The first-order valence-corrected chi connectivity index (χ1v) is 9.35. The molecule has 29 heavy (non-hydrogen) atoms. The molecule has 0 atom stereocenters. The minimum atomic E-state index is -0.842. The molecule has 4 rings (SSSR count). The predicted molar refractivity (Wildman–Crippen MR) is 110 cm³/mol. The second kappa shape index (κ2) is 8.20. The molecule has 4 aromatic rings. The molecule has 0 aliphatic rings. The Kier molecular flexibility index (Phi) is 5.31. The lowest BCUT2D eigenvalue weighted by molar-refractivity contribution is 0.517. The van der Waals surface area contributed by atoms with Gasteiger partial charge in [-0.05, 0) is 60.2 Å². The topological polar surface area (TPSA) is 25.8 Å². The fraction of sp³-hybridized carbons (Fsp3) is 0.120. The van der Waals surface area contributed by atoms with Crippen LogP contribution in [0.4, 0.5) is 8.78 Å². The first kappa shape index (κ1) is 18.8. The van der Waals surface area contributed by atoms with Crippen LogP contribution in [0.5, 0.6) is 0 Å². The van der Waals surface area contributed by atoms with Crippen molar-refractivity contribution in [1.82, 2.24) is 9.97 Å². The Morgan fingerprint density at radius 2 is 1.48 bits per heavy atom. The normalized spacial score (nSPS) is 10.6. The summed E-state index contributed by atoms with van der Waals surface area (Å²) in [5.41, 5.74) is 3.90. The number of rotatable bonds is 3. The molecule has 0 radical (unpaired) electrons. The highest BCUT2D eigenvalue weighted by molar-refractivity contribution is 5.84. The van der Waals surface area contributed by atoms with Gasteiger partial charge in [0, 0.05) is 35.3 Å². The molecule has 3 aromatic carbocycles. The van der Waals surface area contributed by atoms with Crippen molar-refractivity contribution >= 4 is 10.8 Å². The number of aromatic nitrogens is 2. The first-order valence-electron chi connectivity index (χ1n) is 9.35. The summed E-state index contributed by atoms with van der Waals surface area (Å²) in [6.45, 7) is 1.97. The highest BCUT2D eigenvalue weighted by atomic mass is 19.2. The van der Waals surface area contributed by atoms with Crippen molar-refractivity contribution in [3.63, 3.8) is 0 Å². The SMILES string of the molecule is Cc1cnc(CCc2ccc(C#Cc3ccc4c(F)c(F)ccc4c3)cc2)nc1. The average molecular weight is 384 g/mol. The molecule has 0 fully saturated rings. The Labute approximate surface area is 168 Å². The van der Waals surface area contributed by atoms with Crippen molar-refractivity contribution in [3.05, 3.63) is 107 Å². The third-order valence-corrected chi connectivity index (χ3v) is 4.68. The zero-order valence-electron chi connectivity index (χ0n) is 15.9. The molecule has 4 heteroatoms.